The van der Waals surface area contributed by atoms with E-state index in [0.717, 1.165) is 54.5 Å². The fourth-order valence-corrected chi connectivity index (χ4v) is 5.73. The molecule has 188 valence electrons. The lowest BCUT2D eigenvalue weighted by Gasteiger charge is -2.37. The summed E-state index contributed by atoms with van der Waals surface area (Å²) in [4.78, 5) is 25.0. The van der Waals surface area contributed by atoms with Gasteiger partial charge < -0.3 is 9.80 Å². The highest BCUT2D eigenvalue weighted by Gasteiger charge is 2.24. The van der Waals surface area contributed by atoms with Gasteiger partial charge in [0.1, 0.15) is 0 Å². The molecule has 2 aliphatic heterocycles. The Kier molecular flexibility index (Phi) is 8.52. The molecule has 0 radical (unpaired) electrons. The van der Waals surface area contributed by atoms with Crippen molar-refractivity contribution < 1.29 is 4.79 Å². The third kappa shape index (κ3) is 5.67. The van der Waals surface area contributed by atoms with Gasteiger partial charge in [-0.2, -0.15) is 0 Å². The highest BCUT2D eigenvalue weighted by molar-refractivity contribution is 7.99. The van der Waals surface area contributed by atoms with Crippen molar-refractivity contribution in [1.82, 2.24) is 4.90 Å². The number of benzene rings is 3. The van der Waals surface area contributed by atoms with E-state index in [2.05, 4.69) is 88.0 Å². The molecule has 4 nitrogen and oxygen atoms in total. The van der Waals surface area contributed by atoms with E-state index in [1.54, 1.807) is 11.8 Å². The summed E-state index contributed by atoms with van der Waals surface area (Å²) in [7, 11) is 0. The van der Waals surface area contributed by atoms with Crippen molar-refractivity contribution in [3.05, 3.63) is 82.9 Å². The maximum atomic E-state index is 13.3. The van der Waals surface area contributed by atoms with Gasteiger partial charge in [0, 0.05) is 58.5 Å². The summed E-state index contributed by atoms with van der Waals surface area (Å²) in [5, 5.41) is 0. The Bertz CT molecular complexity index is 1260. The predicted octanol–water partition coefficient (Wildman–Crippen LogP) is 7.68. The van der Waals surface area contributed by atoms with E-state index in [0.29, 0.717) is 0 Å². The van der Waals surface area contributed by atoms with Crippen molar-refractivity contribution in [2.75, 3.05) is 31.1 Å². The monoisotopic (exact) mass is 499 g/mol. The lowest BCUT2D eigenvalue weighted by Crippen LogP contribution is -2.49. The topological polar surface area (TPSA) is 35.9 Å². The summed E-state index contributed by atoms with van der Waals surface area (Å²) >= 11 is 1.73. The minimum Gasteiger partial charge on any atom is -0.368 e. The van der Waals surface area contributed by atoms with Crippen molar-refractivity contribution in [3.63, 3.8) is 0 Å². The number of hydrogen-bond acceptors (Lipinski definition) is 4. The zero-order valence-electron chi connectivity index (χ0n) is 22.2. The molecular formula is C31H37N3OS. The van der Waals surface area contributed by atoms with E-state index in [1.807, 2.05) is 17.0 Å². The zero-order valence-corrected chi connectivity index (χ0v) is 23.0. The number of carbonyl (C=O) groups is 1. The van der Waals surface area contributed by atoms with Crippen LogP contribution in [-0.4, -0.2) is 42.7 Å². The average Bonchev–Trinajstić information content (AvgIpc) is 3.05. The molecule has 2 heterocycles. The molecular weight excluding hydrogens is 462 g/mol. The maximum Gasteiger partial charge on any atom is 0.254 e. The lowest BCUT2D eigenvalue weighted by molar-refractivity contribution is 0.0746. The number of aliphatic imine (C=N–C) groups is 1. The van der Waals surface area contributed by atoms with Crippen LogP contribution in [0, 0.1) is 13.8 Å². The SMILES string of the molecule is CCC.CCC1=Nc2cc(C(=O)N3CCN(c4ccc(C)cc4C)CC3)ccc2Sc2ccccc21. The summed E-state index contributed by atoms with van der Waals surface area (Å²) in [6.07, 6.45) is 2.11. The minimum absolute atomic E-state index is 0.0955. The van der Waals surface area contributed by atoms with Gasteiger partial charge in [0.2, 0.25) is 0 Å². The standard InChI is InChI=1S/C28H29N3OS.C3H8/c1-4-23-22-7-5-6-8-26(22)33-27-12-10-21(18-24(27)29-23)28(32)31-15-13-30(14-16-31)25-11-9-19(2)17-20(25)3;1-3-2/h5-12,17-18H,4,13-16H2,1-3H3;3H2,1-2H3. The first-order chi connectivity index (χ1) is 17.4. The molecule has 2 aliphatic rings. The van der Waals surface area contributed by atoms with Crippen LogP contribution in [0.4, 0.5) is 11.4 Å². The summed E-state index contributed by atoms with van der Waals surface area (Å²) in [5.41, 5.74) is 7.73. The Labute approximate surface area is 220 Å². The number of rotatable bonds is 3. The molecule has 5 heteroatoms. The van der Waals surface area contributed by atoms with Crippen molar-refractivity contribution >= 4 is 34.8 Å². The second kappa shape index (κ2) is 11.8. The zero-order chi connectivity index (χ0) is 25.7. The highest BCUT2D eigenvalue weighted by Crippen LogP contribution is 2.41. The van der Waals surface area contributed by atoms with E-state index in [1.165, 1.54) is 33.7 Å². The van der Waals surface area contributed by atoms with Gasteiger partial charge in [0.15, 0.2) is 0 Å². The van der Waals surface area contributed by atoms with Crippen LogP contribution in [0.3, 0.4) is 0 Å². The quantitative estimate of drug-likeness (QED) is 0.371. The van der Waals surface area contributed by atoms with Gasteiger partial charge in [-0.25, -0.2) is 0 Å². The van der Waals surface area contributed by atoms with Gasteiger partial charge in [0.05, 0.1) is 5.69 Å². The van der Waals surface area contributed by atoms with Gasteiger partial charge in [0.25, 0.3) is 5.91 Å². The Morgan fingerprint density at radius 3 is 2.31 bits per heavy atom. The van der Waals surface area contributed by atoms with Crippen LogP contribution in [0.1, 0.15) is 60.7 Å². The number of hydrogen-bond donors (Lipinski definition) is 0. The van der Waals surface area contributed by atoms with Gasteiger partial charge in [-0.1, -0.05) is 74.8 Å². The van der Waals surface area contributed by atoms with Crippen LogP contribution >= 0.6 is 11.8 Å². The number of nitrogens with zero attached hydrogens (tertiary/aromatic N) is 3. The molecule has 5 rings (SSSR count). The Morgan fingerprint density at radius 1 is 0.889 bits per heavy atom. The van der Waals surface area contributed by atoms with Crippen LogP contribution in [0.15, 0.2) is 75.4 Å². The van der Waals surface area contributed by atoms with E-state index >= 15 is 0 Å². The summed E-state index contributed by atoms with van der Waals surface area (Å²) in [6.45, 7) is 13.8. The van der Waals surface area contributed by atoms with Crippen molar-refractivity contribution in [3.8, 4) is 0 Å². The molecule has 0 atom stereocenters. The molecule has 0 bridgehead atoms. The predicted molar refractivity (Wildman–Crippen MR) is 153 cm³/mol. The van der Waals surface area contributed by atoms with E-state index in [4.69, 9.17) is 4.99 Å². The number of fused-ring (bicyclic) bond motifs is 2. The second-order valence-corrected chi connectivity index (χ2v) is 10.6. The Balaban J connectivity index is 0.000000967. The maximum absolute atomic E-state index is 13.3. The molecule has 3 aromatic rings. The highest BCUT2D eigenvalue weighted by atomic mass is 32.2. The van der Waals surface area contributed by atoms with Gasteiger partial charge in [-0.15, -0.1) is 0 Å². The first-order valence-electron chi connectivity index (χ1n) is 13.1. The Hall–Kier alpha value is -3.05. The molecule has 3 aromatic carbocycles. The number of aryl methyl sites for hydroxylation is 2. The molecule has 36 heavy (non-hydrogen) atoms. The van der Waals surface area contributed by atoms with Crippen LogP contribution in [0.25, 0.3) is 0 Å². The van der Waals surface area contributed by atoms with Crippen LogP contribution in [0.5, 0.6) is 0 Å². The first-order valence-corrected chi connectivity index (χ1v) is 13.9. The number of amides is 1. The van der Waals surface area contributed by atoms with Gasteiger partial charge >= 0.3 is 0 Å². The average molecular weight is 500 g/mol. The molecule has 0 aliphatic carbocycles. The van der Waals surface area contributed by atoms with E-state index in [-0.39, 0.29) is 5.91 Å². The largest absolute Gasteiger partial charge is 0.368 e. The minimum atomic E-state index is 0.0955. The fourth-order valence-electron chi connectivity index (χ4n) is 4.70. The van der Waals surface area contributed by atoms with Gasteiger partial charge in [-0.05, 0) is 56.2 Å². The Morgan fingerprint density at radius 2 is 1.61 bits per heavy atom. The molecule has 0 N–H and O–H groups in total. The molecule has 1 amide bonds. The summed E-state index contributed by atoms with van der Waals surface area (Å²) < 4.78 is 0. The smallest absolute Gasteiger partial charge is 0.254 e. The van der Waals surface area contributed by atoms with Crippen molar-refractivity contribution in [2.45, 2.75) is 57.3 Å². The number of piperazine rings is 1. The molecule has 0 unspecified atom stereocenters. The number of carbonyl (C=O) groups excluding carboxylic acids is 1. The van der Waals surface area contributed by atoms with E-state index < -0.39 is 0 Å². The van der Waals surface area contributed by atoms with Crippen molar-refractivity contribution in [2.24, 2.45) is 4.99 Å². The van der Waals surface area contributed by atoms with Crippen LogP contribution in [0.2, 0.25) is 0 Å². The summed E-state index contributed by atoms with van der Waals surface area (Å²) in [5.74, 6) is 0.0955. The third-order valence-corrected chi connectivity index (χ3v) is 7.61. The molecule has 1 saturated heterocycles. The fraction of sp³-hybridized carbons (Fsp3) is 0.355. The number of anilines is 1. The van der Waals surface area contributed by atoms with Crippen LogP contribution in [-0.2, 0) is 0 Å². The molecule has 0 saturated carbocycles. The normalized spacial score (nSPS) is 14.6. The van der Waals surface area contributed by atoms with E-state index in [9.17, 15) is 4.79 Å². The van der Waals surface area contributed by atoms with Crippen molar-refractivity contribution in [1.29, 1.82) is 0 Å². The molecule has 1 fully saturated rings. The summed E-state index contributed by atoms with van der Waals surface area (Å²) in [6, 6.07) is 21.0. The second-order valence-electron chi connectivity index (χ2n) is 9.47. The molecule has 0 aromatic heterocycles. The van der Waals surface area contributed by atoms with Crippen LogP contribution < -0.4 is 4.90 Å². The van der Waals surface area contributed by atoms with Gasteiger partial charge in [-0.3, -0.25) is 9.79 Å². The lowest BCUT2D eigenvalue weighted by atomic mass is 10.1. The molecule has 0 spiro atoms. The first kappa shape index (κ1) is 26.0. The third-order valence-electron chi connectivity index (χ3n) is 6.47.